The molecular formula is C33H48O9. The molecule has 5 N–H and O–H groups in total. The lowest BCUT2D eigenvalue weighted by molar-refractivity contribution is -0.144. The summed E-state index contributed by atoms with van der Waals surface area (Å²) in [7, 11) is 0. The number of ketones is 3. The van der Waals surface area contributed by atoms with Crippen LogP contribution in [0.3, 0.4) is 0 Å². The molecule has 234 valence electrons. The number of phenolic OH excluding ortho intramolecular Hbond substituents is 1. The maximum atomic E-state index is 13.2. The molecule has 3 unspecified atom stereocenters. The van der Waals surface area contributed by atoms with Crippen molar-refractivity contribution in [1.29, 1.82) is 0 Å². The summed E-state index contributed by atoms with van der Waals surface area (Å²) in [4.78, 5) is 49.4. The van der Waals surface area contributed by atoms with E-state index in [4.69, 9.17) is 4.74 Å². The minimum Gasteiger partial charge on any atom is -0.507 e. The highest BCUT2D eigenvalue weighted by Gasteiger charge is 2.35. The average molecular weight is 589 g/mol. The zero-order valence-electron chi connectivity index (χ0n) is 24.7. The smallest absolute Gasteiger partial charge is 0.306 e. The van der Waals surface area contributed by atoms with E-state index in [0.29, 0.717) is 31.4 Å². The largest absolute Gasteiger partial charge is 0.507 e. The van der Waals surface area contributed by atoms with Crippen LogP contribution in [0, 0.1) is 23.7 Å². The summed E-state index contributed by atoms with van der Waals surface area (Å²) in [6.45, 7) is 5.09. The van der Waals surface area contributed by atoms with Crippen molar-refractivity contribution in [2.75, 3.05) is 19.8 Å². The highest BCUT2D eigenvalue weighted by atomic mass is 16.5. The van der Waals surface area contributed by atoms with Crippen molar-refractivity contribution in [3.05, 3.63) is 53.1 Å². The van der Waals surface area contributed by atoms with E-state index in [9.17, 15) is 34.5 Å². The molecule has 0 heterocycles. The summed E-state index contributed by atoms with van der Waals surface area (Å²) < 4.78 is 5.25. The maximum absolute atomic E-state index is 13.2. The molecule has 42 heavy (non-hydrogen) atoms. The number of aliphatic hydroxyl groups excluding tert-OH is 2. The minimum absolute atomic E-state index is 0. The first-order valence-electron chi connectivity index (χ1n) is 14.4. The van der Waals surface area contributed by atoms with Crippen molar-refractivity contribution in [3.8, 4) is 16.9 Å². The van der Waals surface area contributed by atoms with Gasteiger partial charge in [0.05, 0.1) is 25.2 Å². The fourth-order valence-corrected chi connectivity index (χ4v) is 5.72. The highest BCUT2D eigenvalue weighted by molar-refractivity contribution is 6.03. The lowest BCUT2D eigenvalue weighted by Crippen LogP contribution is -2.32. The molecule has 0 spiro atoms. The topological polar surface area (TPSA) is 170 Å². The van der Waals surface area contributed by atoms with Crippen LogP contribution in [0.5, 0.6) is 5.75 Å². The van der Waals surface area contributed by atoms with E-state index in [0.717, 1.165) is 22.3 Å². The Kier molecular flexibility index (Phi) is 13.5. The van der Waals surface area contributed by atoms with Crippen molar-refractivity contribution in [2.45, 2.75) is 65.7 Å². The van der Waals surface area contributed by atoms with Gasteiger partial charge in [0.25, 0.3) is 0 Å². The van der Waals surface area contributed by atoms with E-state index < -0.39 is 12.5 Å². The predicted octanol–water partition coefficient (Wildman–Crippen LogP) is 4.15. The van der Waals surface area contributed by atoms with E-state index in [1.54, 1.807) is 6.07 Å². The quantitative estimate of drug-likeness (QED) is 0.206. The Morgan fingerprint density at radius 1 is 1.05 bits per heavy atom. The molecule has 0 saturated heterocycles. The van der Waals surface area contributed by atoms with Gasteiger partial charge in [0, 0.05) is 28.2 Å². The number of rotatable bonds is 15. The molecule has 1 aliphatic carbocycles. The van der Waals surface area contributed by atoms with Crippen molar-refractivity contribution < 1.29 is 47.6 Å². The molecule has 0 aliphatic heterocycles. The molecule has 9 nitrogen and oxygen atoms in total. The number of hydrogen-bond donors (Lipinski definition) is 3. The number of benzene rings is 2. The molecule has 0 fully saturated rings. The van der Waals surface area contributed by atoms with E-state index >= 15 is 0 Å². The Hall–Kier alpha value is -3.40. The minimum atomic E-state index is -0.790. The number of aryl methyl sites for hydroxylation is 1. The molecule has 1 aliphatic rings. The molecule has 0 saturated carbocycles. The summed E-state index contributed by atoms with van der Waals surface area (Å²) in [5, 5.41) is 30.2. The number of carbonyl (C=O) groups excluding carboxylic acids is 4. The van der Waals surface area contributed by atoms with Gasteiger partial charge in [-0.25, -0.2) is 0 Å². The van der Waals surface area contributed by atoms with Gasteiger partial charge in [-0.1, -0.05) is 44.2 Å². The van der Waals surface area contributed by atoms with Crippen LogP contribution in [-0.2, 0) is 32.0 Å². The first kappa shape index (κ1) is 34.8. The number of phenols is 1. The van der Waals surface area contributed by atoms with Crippen molar-refractivity contribution >= 4 is 23.3 Å². The fourth-order valence-electron chi connectivity index (χ4n) is 5.72. The summed E-state index contributed by atoms with van der Waals surface area (Å²) in [5.41, 5.74) is 3.71. The van der Waals surface area contributed by atoms with E-state index in [1.807, 2.05) is 38.1 Å². The summed E-state index contributed by atoms with van der Waals surface area (Å²) in [6.07, 6.45) is 1.91. The molecule has 2 aromatic carbocycles. The van der Waals surface area contributed by atoms with Gasteiger partial charge in [0.15, 0.2) is 5.78 Å². The first-order valence-corrected chi connectivity index (χ1v) is 14.4. The van der Waals surface area contributed by atoms with Gasteiger partial charge in [-0.15, -0.1) is 0 Å². The number of ether oxygens (including phenoxy) is 1. The molecule has 9 heteroatoms. The maximum Gasteiger partial charge on any atom is 0.306 e. The highest BCUT2D eigenvalue weighted by Crippen LogP contribution is 2.41. The lowest BCUT2D eigenvalue weighted by Gasteiger charge is -2.31. The normalized spacial score (nSPS) is 15.9. The van der Waals surface area contributed by atoms with Crippen LogP contribution in [0.25, 0.3) is 11.1 Å². The monoisotopic (exact) mass is 588 g/mol. The number of Topliss-reactive ketones (excluding diaryl/α,β-unsaturated/α-hetero) is 3. The number of esters is 1. The van der Waals surface area contributed by atoms with E-state index in [-0.39, 0.29) is 87.4 Å². The van der Waals surface area contributed by atoms with Gasteiger partial charge < -0.3 is 25.5 Å². The third-order valence-corrected chi connectivity index (χ3v) is 7.74. The fraction of sp³-hybridized carbons (Fsp3) is 0.515. The van der Waals surface area contributed by atoms with Crippen LogP contribution >= 0.6 is 0 Å². The summed E-state index contributed by atoms with van der Waals surface area (Å²) in [6, 6.07) is 11.1. The summed E-state index contributed by atoms with van der Waals surface area (Å²) >= 11 is 0. The number of aromatic hydroxyl groups is 1. The molecule has 0 bridgehead atoms. The number of hydrogen-bond acceptors (Lipinski definition) is 8. The van der Waals surface area contributed by atoms with E-state index in [2.05, 4.69) is 0 Å². The zero-order chi connectivity index (χ0) is 30.1. The zero-order valence-corrected chi connectivity index (χ0v) is 24.7. The average Bonchev–Trinajstić information content (AvgIpc) is 2.91. The Morgan fingerprint density at radius 3 is 2.33 bits per heavy atom. The third kappa shape index (κ3) is 9.31. The van der Waals surface area contributed by atoms with Crippen LogP contribution in [0.15, 0.2) is 36.4 Å². The second kappa shape index (κ2) is 16.3. The van der Waals surface area contributed by atoms with Crippen LogP contribution in [0.4, 0.5) is 0 Å². The third-order valence-electron chi connectivity index (χ3n) is 7.74. The molecule has 0 aromatic heterocycles. The van der Waals surface area contributed by atoms with Gasteiger partial charge in [0.2, 0.25) is 0 Å². The standard InChI is InChI=1S/C33H42O8.H2O.2H2/c1-20(2)19-41-32(40)11-6-22-4-7-24(8-5-22)26-9-10-29(37)33-27(26)16-23(17-31(33)39)15-25(12-13-34)28(18-35)30(38)14-21(3)36;;;/h4-5,7-10,20,23,25,28,34-35,37H,6,11-19H2,1-3H3;1H2;2*1H. The Balaban J connectivity index is 0.00000616. The second-order valence-electron chi connectivity index (χ2n) is 11.6. The molecule has 0 amide bonds. The van der Waals surface area contributed by atoms with Crippen LogP contribution in [0.1, 0.15) is 77.2 Å². The van der Waals surface area contributed by atoms with Gasteiger partial charge >= 0.3 is 5.97 Å². The van der Waals surface area contributed by atoms with Crippen LogP contribution in [-0.4, -0.2) is 63.9 Å². The summed E-state index contributed by atoms with van der Waals surface area (Å²) in [5.74, 6) is -2.18. The Labute approximate surface area is 250 Å². The Morgan fingerprint density at radius 2 is 1.74 bits per heavy atom. The SMILES string of the molecule is CC(=O)CC(=O)C(CO)C(CCO)CC1CC(=O)c2c(O)ccc(-c3ccc(CCC(=O)OCC(C)C)cc3)c2C1.O.[HH].[HH]. The molecule has 3 rings (SSSR count). The van der Waals surface area contributed by atoms with Gasteiger partial charge in [-0.2, -0.15) is 0 Å². The first-order chi connectivity index (χ1) is 19.5. The van der Waals surface area contributed by atoms with Crippen LogP contribution in [0.2, 0.25) is 0 Å². The lowest BCUT2D eigenvalue weighted by atomic mass is 9.72. The number of aliphatic hydroxyl groups is 2. The van der Waals surface area contributed by atoms with Crippen molar-refractivity contribution in [1.82, 2.24) is 0 Å². The molecule has 2 aromatic rings. The predicted molar refractivity (Wildman–Crippen MR) is 162 cm³/mol. The van der Waals surface area contributed by atoms with Crippen molar-refractivity contribution in [3.63, 3.8) is 0 Å². The van der Waals surface area contributed by atoms with Crippen LogP contribution < -0.4 is 0 Å². The van der Waals surface area contributed by atoms with Gasteiger partial charge in [-0.05, 0) is 78.7 Å². The number of carbonyl (C=O) groups is 4. The molecule has 0 radical (unpaired) electrons. The van der Waals surface area contributed by atoms with Crippen molar-refractivity contribution in [2.24, 2.45) is 23.7 Å². The van der Waals surface area contributed by atoms with E-state index in [1.165, 1.54) is 13.0 Å². The second-order valence-corrected chi connectivity index (χ2v) is 11.6. The Bertz CT molecular complexity index is 1240. The number of fused-ring (bicyclic) bond motifs is 1. The molecular weight excluding hydrogens is 540 g/mol. The van der Waals surface area contributed by atoms with Gasteiger partial charge in [-0.3, -0.25) is 19.2 Å². The molecule has 3 atom stereocenters. The van der Waals surface area contributed by atoms with Gasteiger partial charge in [0.1, 0.15) is 17.3 Å².